The molecule has 1 aliphatic heterocycles. The minimum absolute atomic E-state index is 0.261. The van der Waals surface area contributed by atoms with Gasteiger partial charge in [0.05, 0.1) is 8.95 Å². The molecule has 5 heteroatoms. The lowest BCUT2D eigenvalue weighted by Crippen LogP contribution is -2.30. The number of likely N-dealkylation sites (tertiary alicyclic amines) is 1. The van der Waals surface area contributed by atoms with E-state index >= 15 is 0 Å². The van der Waals surface area contributed by atoms with Crippen molar-refractivity contribution >= 4 is 31.9 Å². The van der Waals surface area contributed by atoms with Crippen LogP contribution in [-0.2, 0) is 6.54 Å². The maximum atomic E-state index is 9.69. The maximum Gasteiger partial charge on any atom is 0.143 e. The van der Waals surface area contributed by atoms with Crippen molar-refractivity contribution in [3.8, 4) is 5.75 Å². The molecule has 1 aliphatic rings. The number of hydrogen-bond donors (Lipinski definition) is 2. The molecular weight excluding hydrogens is 384 g/mol. The van der Waals surface area contributed by atoms with Crippen LogP contribution in [0.25, 0.3) is 0 Å². The summed E-state index contributed by atoms with van der Waals surface area (Å²) in [5, 5.41) is 13.2. The molecule has 1 fully saturated rings. The fraction of sp³-hybridized carbons (Fsp3) is 0.600. The highest BCUT2D eigenvalue weighted by Crippen LogP contribution is 2.33. The summed E-state index contributed by atoms with van der Waals surface area (Å²) in [7, 11) is 0. The summed E-state index contributed by atoms with van der Waals surface area (Å²) in [6.07, 6.45) is 1.29. The van der Waals surface area contributed by atoms with E-state index in [4.69, 9.17) is 0 Å². The molecule has 1 saturated heterocycles. The molecule has 0 spiro atoms. The standard InChI is InChI=1S/C15H22Br2N2O/c1-10(2)19-4-3-11(9-19)7-18-8-12-5-13(16)15(20)14(17)6-12/h5-6,10-11,18,20H,3-4,7-9H2,1-2H3. The highest BCUT2D eigenvalue weighted by atomic mass is 79.9. The molecule has 0 radical (unpaired) electrons. The maximum absolute atomic E-state index is 9.69. The Bertz CT molecular complexity index is 442. The number of phenolic OH excluding ortho intramolecular Hbond substituents is 1. The Morgan fingerprint density at radius 3 is 2.55 bits per heavy atom. The largest absolute Gasteiger partial charge is 0.506 e. The molecule has 112 valence electrons. The summed E-state index contributed by atoms with van der Waals surface area (Å²) >= 11 is 6.73. The first-order valence-corrected chi connectivity index (χ1v) is 8.67. The summed E-state index contributed by atoms with van der Waals surface area (Å²) in [4.78, 5) is 2.54. The van der Waals surface area contributed by atoms with E-state index in [1.165, 1.54) is 25.1 Å². The second-order valence-corrected chi connectivity index (χ2v) is 7.49. The van der Waals surface area contributed by atoms with E-state index in [2.05, 4.69) is 55.9 Å². The van der Waals surface area contributed by atoms with Gasteiger partial charge in [0.25, 0.3) is 0 Å². The van der Waals surface area contributed by atoms with Crippen LogP contribution in [-0.4, -0.2) is 35.7 Å². The predicted molar refractivity (Wildman–Crippen MR) is 90.0 cm³/mol. The van der Waals surface area contributed by atoms with E-state index in [1.807, 2.05) is 12.1 Å². The van der Waals surface area contributed by atoms with E-state index in [0.717, 1.165) is 28.0 Å². The fourth-order valence-corrected chi connectivity index (χ4v) is 3.92. The number of hydrogen-bond acceptors (Lipinski definition) is 3. The third-order valence-electron chi connectivity index (χ3n) is 3.89. The van der Waals surface area contributed by atoms with E-state index in [0.29, 0.717) is 6.04 Å². The Balaban J connectivity index is 1.79. The van der Waals surface area contributed by atoms with Gasteiger partial charge >= 0.3 is 0 Å². The monoisotopic (exact) mass is 404 g/mol. The minimum Gasteiger partial charge on any atom is -0.506 e. The van der Waals surface area contributed by atoms with Crippen molar-refractivity contribution in [2.45, 2.75) is 32.9 Å². The van der Waals surface area contributed by atoms with Gasteiger partial charge in [0, 0.05) is 19.1 Å². The van der Waals surface area contributed by atoms with Crippen LogP contribution in [0.4, 0.5) is 0 Å². The van der Waals surface area contributed by atoms with Crippen LogP contribution in [0, 0.1) is 5.92 Å². The zero-order valence-corrected chi connectivity index (χ0v) is 15.2. The van der Waals surface area contributed by atoms with Crippen molar-refractivity contribution in [2.75, 3.05) is 19.6 Å². The second-order valence-electron chi connectivity index (χ2n) is 5.78. The van der Waals surface area contributed by atoms with Crippen LogP contribution in [0.3, 0.4) is 0 Å². The zero-order chi connectivity index (χ0) is 14.7. The van der Waals surface area contributed by atoms with Gasteiger partial charge in [0.15, 0.2) is 0 Å². The predicted octanol–water partition coefficient (Wildman–Crippen LogP) is 3.74. The van der Waals surface area contributed by atoms with Crippen molar-refractivity contribution in [3.05, 3.63) is 26.6 Å². The van der Waals surface area contributed by atoms with Crippen molar-refractivity contribution in [1.82, 2.24) is 10.2 Å². The van der Waals surface area contributed by atoms with Gasteiger partial charge in [0.1, 0.15) is 5.75 Å². The highest BCUT2D eigenvalue weighted by Gasteiger charge is 2.23. The lowest BCUT2D eigenvalue weighted by Gasteiger charge is -2.20. The average molecular weight is 406 g/mol. The molecule has 0 saturated carbocycles. The molecule has 0 amide bonds. The molecule has 1 aromatic carbocycles. The number of aromatic hydroxyl groups is 1. The van der Waals surface area contributed by atoms with Gasteiger partial charge in [-0.25, -0.2) is 0 Å². The van der Waals surface area contributed by atoms with Crippen molar-refractivity contribution in [3.63, 3.8) is 0 Å². The first kappa shape index (κ1) is 16.3. The molecule has 0 aliphatic carbocycles. The molecule has 20 heavy (non-hydrogen) atoms. The smallest absolute Gasteiger partial charge is 0.143 e. The third-order valence-corrected chi connectivity index (χ3v) is 5.10. The minimum atomic E-state index is 0.261. The van der Waals surface area contributed by atoms with E-state index in [-0.39, 0.29) is 5.75 Å². The molecule has 2 rings (SSSR count). The topological polar surface area (TPSA) is 35.5 Å². The fourth-order valence-electron chi connectivity index (χ4n) is 2.64. The number of nitrogens with one attached hydrogen (secondary N) is 1. The Kier molecular flexibility index (Phi) is 5.90. The van der Waals surface area contributed by atoms with Crippen molar-refractivity contribution in [2.24, 2.45) is 5.92 Å². The number of rotatable bonds is 5. The quantitative estimate of drug-likeness (QED) is 0.783. The summed E-state index contributed by atoms with van der Waals surface area (Å²) < 4.78 is 1.46. The molecule has 0 aromatic heterocycles. The number of benzene rings is 1. The summed E-state index contributed by atoms with van der Waals surface area (Å²) in [6.45, 7) is 8.84. The SMILES string of the molecule is CC(C)N1CCC(CNCc2cc(Br)c(O)c(Br)c2)C1. The number of phenols is 1. The van der Waals surface area contributed by atoms with Gasteiger partial charge in [-0.3, -0.25) is 0 Å². The zero-order valence-electron chi connectivity index (χ0n) is 12.0. The molecule has 1 unspecified atom stereocenters. The summed E-state index contributed by atoms with van der Waals surface area (Å²) in [5.41, 5.74) is 1.17. The average Bonchev–Trinajstić information content (AvgIpc) is 2.85. The molecule has 2 N–H and O–H groups in total. The molecule has 1 aromatic rings. The van der Waals surface area contributed by atoms with Crippen molar-refractivity contribution in [1.29, 1.82) is 0 Å². The van der Waals surface area contributed by atoms with Crippen molar-refractivity contribution < 1.29 is 5.11 Å². The van der Waals surface area contributed by atoms with Crippen LogP contribution >= 0.6 is 31.9 Å². The molecule has 1 atom stereocenters. The van der Waals surface area contributed by atoms with E-state index in [1.54, 1.807) is 0 Å². The van der Waals surface area contributed by atoms with Crippen LogP contribution in [0.2, 0.25) is 0 Å². The van der Waals surface area contributed by atoms with Crippen LogP contribution < -0.4 is 5.32 Å². The van der Waals surface area contributed by atoms with Gasteiger partial charge in [-0.05, 0) is 88.8 Å². The van der Waals surface area contributed by atoms with Gasteiger partial charge in [-0.2, -0.15) is 0 Å². The first-order chi connectivity index (χ1) is 9.47. The van der Waals surface area contributed by atoms with Gasteiger partial charge in [-0.15, -0.1) is 0 Å². The molecular formula is C15H22Br2N2O. The second kappa shape index (κ2) is 7.25. The van der Waals surface area contributed by atoms with Crippen LogP contribution in [0.5, 0.6) is 5.75 Å². The third kappa shape index (κ3) is 4.20. The van der Waals surface area contributed by atoms with Gasteiger partial charge in [0.2, 0.25) is 0 Å². The number of halogens is 2. The Morgan fingerprint density at radius 2 is 2.00 bits per heavy atom. The van der Waals surface area contributed by atoms with E-state index < -0.39 is 0 Å². The first-order valence-electron chi connectivity index (χ1n) is 7.09. The molecule has 0 bridgehead atoms. The Labute approximate surface area is 138 Å². The molecule has 3 nitrogen and oxygen atoms in total. The summed E-state index contributed by atoms with van der Waals surface area (Å²) in [5.74, 6) is 1.01. The van der Waals surface area contributed by atoms with Gasteiger partial charge in [-0.1, -0.05) is 0 Å². The normalized spacial score (nSPS) is 19.9. The van der Waals surface area contributed by atoms with Gasteiger partial charge < -0.3 is 15.3 Å². The lowest BCUT2D eigenvalue weighted by atomic mass is 10.1. The summed E-state index contributed by atoms with van der Waals surface area (Å²) in [6, 6.07) is 4.58. The Morgan fingerprint density at radius 1 is 1.35 bits per heavy atom. The van der Waals surface area contributed by atoms with Crippen LogP contribution in [0.15, 0.2) is 21.1 Å². The van der Waals surface area contributed by atoms with Crippen LogP contribution in [0.1, 0.15) is 25.8 Å². The van der Waals surface area contributed by atoms with E-state index in [9.17, 15) is 5.11 Å². The number of nitrogens with zero attached hydrogens (tertiary/aromatic N) is 1. The highest BCUT2D eigenvalue weighted by molar-refractivity contribution is 9.11. The Hall–Kier alpha value is -0.100. The molecule has 1 heterocycles. The lowest BCUT2D eigenvalue weighted by molar-refractivity contribution is 0.264.